The number of rotatable bonds is 5. The number of amides is 1. The van der Waals surface area contributed by atoms with E-state index < -0.39 is 0 Å². The fourth-order valence-corrected chi connectivity index (χ4v) is 3.96. The second kappa shape index (κ2) is 7.59. The summed E-state index contributed by atoms with van der Waals surface area (Å²) in [6.45, 7) is 2.56. The molecule has 2 heterocycles. The summed E-state index contributed by atoms with van der Waals surface area (Å²) >= 11 is 0. The van der Waals surface area contributed by atoms with Gasteiger partial charge >= 0.3 is 0 Å². The highest BCUT2D eigenvalue weighted by Gasteiger charge is 2.36. The van der Waals surface area contributed by atoms with E-state index in [1.54, 1.807) is 0 Å². The van der Waals surface area contributed by atoms with Gasteiger partial charge in [-0.25, -0.2) is 0 Å². The zero-order valence-corrected chi connectivity index (χ0v) is 16.7. The Hall–Kier alpha value is -3.73. The molecule has 1 aliphatic rings. The number of fused-ring (bicyclic) bond motifs is 1. The van der Waals surface area contributed by atoms with Gasteiger partial charge in [0, 0.05) is 24.1 Å². The second-order valence-corrected chi connectivity index (χ2v) is 7.61. The van der Waals surface area contributed by atoms with Crippen molar-refractivity contribution in [2.75, 3.05) is 0 Å². The van der Waals surface area contributed by atoms with Gasteiger partial charge in [0.15, 0.2) is 0 Å². The minimum absolute atomic E-state index is 0.00170. The number of carbonyl (C=O) groups is 1. The monoisotopic (exact) mass is 395 g/mol. The summed E-state index contributed by atoms with van der Waals surface area (Å²) in [4.78, 5) is 15.0. The van der Waals surface area contributed by atoms with Crippen molar-refractivity contribution >= 4 is 5.91 Å². The van der Waals surface area contributed by atoms with Gasteiger partial charge in [0.25, 0.3) is 5.91 Å². The summed E-state index contributed by atoms with van der Waals surface area (Å²) in [6, 6.07) is 25.5. The first kappa shape index (κ1) is 18.3. The molecular formula is C25H21N3O2. The van der Waals surface area contributed by atoms with Gasteiger partial charge in [0.05, 0.1) is 0 Å². The lowest BCUT2D eigenvalue weighted by Crippen LogP contribution is -2.31. The lowest BCUT2D eigenvalue weighted by Gasteiger charge is -2.25. The lowest BCUT2D eigenvalue weighted by atomic mass is 10.0. The van der Waals surface area contributed by atoms with Crippen molar-refractivity contribution in [3.05, 3.63) is 107 Å². The quantitative estimate of drug-likeness (QED) is 0.478. The third-order valence-electron chi connectivity index (χ3n) is 5.49. The maximum absolute atomic E-state index is 13.2. The van der Waals surface area contributed by atoms with Crippen molar-refractivity contribution in [2.24, 2.45) is 0 Å². The number of hydrogen-bond acceptors (Lipinski definition) is 4. The predicted molar refractivity (Wildman–Crippen MR) is 114 cm³/mol. The Balaban J connectivity index is 1.52. The molecule has 1 unspecified atom stereocenters. The molecule has 0 spiro atoms. The summed E-state index contributed by atoms with van der Waals surface area (Å²) < 4.78 is 6.10. The number of hydrogen-bond donors (Lipinski definition) is 0. The first-order valence-electron chi connectivity index (χ1n) is 10.0. The molecule has 4 aromatic rings. The van der Waals surface area contributed by atoms with Gasteiger partial charge in [0.1, 0.15) is 6.04 Å². The highest BCUT2D eigenvalue weighted by molar-refractivity contribution is 5.98. The molecule has 1 aliphatic heterocycles. The maximum atomic E-state index is 13.2. The SMILES string of the molecule is Cc1cccc(-c2nnc(C(Cc3ccccc3)N3Cc4ccccc4C3=O)o2)c1. The zero-order chi connectivity index (χ0) is 20.5. The van der Waals surface area contributed by atoms with Crippen molar-refractivity contribution < 1.29 is 9.21 Å². The van der Waals surface area contributed by atoms with Crippen LogP contribution in [0.15, 0.2) is 83.3 Å². The fraction of sp³-hybridized carbons (Fsp3) is 0.160. The van der Waals surface area contributed by atoms with Crippen LogP contribution in [0.2, 0.25) is 0 Å². The average molecular weight is 395 g/mol. The van der Waals surface area contributed by atoms with E-state index in [0.29, 0.717) is 24.7 Å². The Labute approximate surface area is 175 Å². The topological polar surface area (TPSA) is 59.2 Å². The van der Waals surface area contributed by atoms with E-state index >= 15 is 0 Å². The largest absolute Gasteiger partial charge is 0.418 e. The van der Waals surface area contributed by atoms with Crippen LogP contribution in [-0.2, 0) is 13.0 Å². The minimum Gasteiger partial charge on any atom is -0.418 e. The molecule has 1 atom stereocenters. The maximum Gasteiger partial charge on any atom is 0.255 e. The number of aromatic nitrogens is 2. The molecule has 0 aliphatic carbocycles. The summed E-state index contributed by atoms with van der Waals surface area (Å²) in [5, 5.41) is 8.63. The van der Waals surface area contributed by atoms with Crippen molar-refractivity contribution in [3.63, 3.8) is 0 Å². The first-order valence-corrected chi connectivity index (χ1v) is 10.0. The normalized spacial score (nSPS) is 14.0. The number of carbonyl (C=O) groups excluding carboxylic acids is 1. The molecule has 5 heteroatoms. The summed E-state index contributed by atoms with van der Waals surface area (Å²) in [5.74, 6) is 0.925. The fourth-order valence-electron chi connectivity index (χ4n) is 3.96. The molecule has 0 radical (unpaired) electrons. The van der Waals surface area contributed by atoms with Gasteiger partial charge < -0.3 is 9.32 Å². The average Bonchev–Trinajstić information content (AvgIpc) is 3.39. The summed E-state index contributed by atoms with van der Waals surface area (Å²) in [6.07, 6.45) is 0.607. The van der Waals surface area contributed by atoms with Gasteiger partial charge in [-0.3, -0.25) is 4.79 Å². The molecule has 0 saturated heterocycles. The van der Waals surface area contributed by atoms with E-state index in [4.69, 9.17) is 4.42 Å². The first-order chi connectivity index (χ1) is 14.7. The Morgan fingerprint density at radius 2 is 1.77 bits per heavy atom. The molecule has 5 rings (SSSR count). The van der Waals surface area contributed by atoms with Crippen LogP contribution >= 0.6 is 0 Å². The van der Waals surface area contributed by atoms with Crippen molar-refractivity contribution in [1.29, 1.82) is 0 Å². The molecule has 0 saturated carbocycles. The Kier molecular flexibility index (Phi) is 4.64. The van der Waals surface area contributed by atoms with E-state index in [1.807, 2.05) is 78.6 Å². The van der Waals surface area contributed by atoms with Crippen molar-refractivity contribution in [2.45, 2.75) is 25.9 Å². The molecule has 3 aromatic carbocycles. The smallest absolute Gasteiger partial charge is 0.255 e. The lowest BCUT2D eigenvalue weighted by molar-refractivity contribution is 0.0671. The van der Waals surface area contributed by atoms with Gasteiger partial charge in [-0.2, -0.15) is 0 Å². The van der Waals surface area contributed by atoms with Crippen LogP contribution in [0.5, 0.6) is 0 Å². The Bertz CT molecular complexity index is 1200. The van der Waals surface area contributed by atoms with Gasteiger partial charge in [-0.1, -0.05) is 66.2 Å². The summed E-state index contributed by atoms with van der Waals surface area (Å²) in [7, 11) is 0. The van der Waals surface area contributed by atoms with Gasteiger partial charge in [0.2, 0.25) is 11.8 Å². The second-order valence-electron chi connectivity index (χ2n) is 7.61. The van der Waals surface area contributed by atoms with E-state index in [-0.39, 0.29) is 11.9 Å². The molecule has 0 bridgehead atoms. The van der Waals surface area contributed by atoms with Crippen LogP contribution in [0.1, 0.15) is 39.0 Å². The minimum atomic E-state index is -0.335. The van der Waals surface area contributed by atoms with E-state index in [0.717, 1.165) is 27.8 Å². The van der Waals surface area contributed by atoms with E-state index in [1.165, 1.54) is 0 Å². The molecule has 30 heavy (non-hydrogen) atoms. The third-order valence-corrected chi connectivity index (χ3v) is 5.49. The van der Waals surface area contributed by atoms with Crippen LogP contribution < -0.4 is 0 Å². The number of nitrogens with zero attached hydrogens (tertiary/aromatic N) is 3. The highest BCUT2D eigenvalue weighted by atomic mass is 16.4. The van der Waals surface area contributed by atoms with Gasteiger partial charge in [-0.05, 0) is 36.2 Å². The Morgan fingerprint density at radius 3 is 2.57 bits per heavy atom. The van der Waals surface area contributed by atoms with E-state index in [9.17, 15) is 4.79 Å². The predicted octanol–water partition coefficient (Wildman–Crippen LogP) is 4.98. The molecule has 1 aromatic heterocycles. The van der Waals surface area contributed by atoms with Crippen molar-refractivity contribution in [1.82, 2.24) is 15.1 Å². The van der Waals surface area contributed by atoms with Crippen LogP contribution in [0.3, 0.4) is 0 Å². The molecule has 1 amide bonds. The zero-order valence-electron chi connectivity index (χ0n) is 16.7. The van der Waals surface area contributed by atoms with Crippen LogP contribution in [0.4, 0.5) is 0 Å². The number of benzene rings is 3. The highest BCUT2D eigenvalue weighted by Crippen LogP contribution is 2.34. The van der Waals surface area contributed by atoms with Crippen molar-refractivity contribution in [3.8, 4) is 11.5 Å². The number of aryl methyl sites for hydroxylation is 1. The van der Waals surface area contributed by atoms with E-state index in [2.05, 4.69) is 22.3 Å². The van der Waals surface area contributed by atoms with Crippen LogP contribution in [-0.4, -0.2) is 21.0 Å². The summed E-state index contributed by atoms with van der Waals surface area (Å²) in [5.41, 5.74) is 4.89. The molecule has 148 valence electrons. The molecule has 5 nitrogen and oxygen atoms in total. The van der Waals surface area contributed by atoms with Crippen LogP contribution in [0.25, 0.3) is 11.5 Å². The Morgan fingerprint density at radius 1 is 0.967 bits per heavy atom. The molecule has 0 fully saturated rings. The standard InChI is InChI=1S/C25H21N3O2/c1-17-8-7-12-19(14-17)23-26-27-24(30-23)22(15-18-9-3-2-4-10-18)28-16-20-11-5-6-13-21(20)25(28)29/h2-14,22H,15-16H2,1H3. The van der Waals surface area contributed by atoms with Crippen LogP contribution in [0, 0.1) is 6.92 Å². The third kappa shape index (κ3) is 3.39. The molecular weight excluding hydrogens is 374 g/mol. The molecule has 0 N–H and O–H groups in total. The van der Waals surface area contributed by atoms with Gasteiger partial charge in [-0.15, -0.1) is 10.2 Å².